The van der Waals surface area contributed by atoms with Gasteiger partial charge in [0.25, 0.3) is 0 Å². The maximum absolute atomic E-state index is 13.7. The van der Waals surface area contributed by atoms with Gasteiger partial charge in [0.1, 0.15) is 5.82 Å². The SMILES string of the molecule is CC(C)(C)c1nc2cc(F)c(F)cc2n1Cc1ccc(C#N)cc1. The molecule has 122 valence electrons. The summed E-state index contributed by atoms with van der Waals surface area (Å²) in [7, 11) is 0. The van der Waals surface area contributed by atoms with Gasteiger partial charge in [0.2, 0.25) is 0 Å². The van der Waals surface area contributed by atoms with Gasteiger partial charge in [-0.25, -0.2) is 13.8 Å². The van der Waals surface area contributed by atoms with Crippen LogP contribution in [0.25, 0.3) is 11.0 Å². The Hall–Kier alpha value is -2.74. The second-order valence-corrected chi connectivity index (χ2v) is 6.84. The topological polar surface area (TPSA) is 41.6 Å². The van der Waals surface area contributed by atoms with Crippen molar-refractivity contribution in [2.45, 2.75) is 32.7 Å². The lowest BCUT2D eigenvalue weighted by Crippen LogP contribution is -2.19. The van der Waals surface area contributed by atoms with E-state index in [-0.39, 0.29) is 5.41 Å². The van der Waals surface area contributed by atoms with Crippen molar-refractivity contribution in [1.29, 1.82) is 5.26 Å². The maximum atomic E-state index is 13.7. The summed E-state index contributed by atoms with van der Waals surface area (Å²) in [5.41, 5.74) is 2.26. The maximum Gasteiger partial charge on any atom is 0.161 e. The molecule has 1 aromatic heterocycles. The number of halogens is 2. The van der Waals surface area contributed by atoms with E-state index in [0.29, 0.717) is 23.1 Å². The summed E-state index contributed by atoms with van der Waals surface area (Å²) in [5.74, 6) is -1.03. The predicted molar refractivity (Wildman–Crippen MR) is 88.6 cm³/mol. The largest absolute Gasteiger partial charge is 0.323 e. The highest BCUT2D eigenvalue weighted by molar-refractivity contribution is 5.76. The zero-order chi connectivity index (χ0) is 17.5. The lowest BCUT2D eigenvalue weighted by molar-refractivity contribution is 0.509. The van der Waals surface area contributed by atoms with E-state index in [4.69, 9.17) is 5.26 Å². The molecule has 0 aliphatic carbocycles. The molecule has 0 aliphatic rings. The van der Waals surface area contributed by atoms with E-state index in [1.807, 2.05) is 37.5 Å². The Bertz CT molecular complexity index is 942. The number of imidazole rings is 1. The standard InChI is InChI=1S/C19H17F2N3/c1-19(2,3)18-23-16-8-14(20)15(21)9-17(16)24(18)11-13-6-4-12(10-22)5-7-13/h4-9H,11H2,1-3H3. The van der Waals surface area contributed by atoms with Crippen LogP contribution in [0.15, 0.2) is 36.4 Å². The summed E-state index contributed by atoms with van der Waals surface area (Å²) in [6, 6.07) is 11.6. The fourth-order valence-corrected chi connectivity index (χ4v) is 2.72. The van der Waals surface area contributed by atoms with Gasteiger partial charge >= 0.3 is 0 Å². The van der Waals surface area contributed by atoms with Crippen molar-refractivity contribution in [3.8, 4) is 6.07 Å². The van der Waals surface area contributed by atoms with Crippen LogP contribution in [0.1, 0.15) is 37.7 Å². The fraction of sp³-hybridized carbons (Fsp3) is 0.263. The molecule has 1 heterocycles. The van der Waals surface area contributed by atoms with Crippen LogP contribution in [-0.4, -0.2) is 9.55 Å². The third kappa shape index (κ3) is 2.88. The van der Waals surface area contributed by atoms with E-state index in [1.165, 1.54) is 6.07 Å². The third-order valence-corrected chi connectivity index (χ3v) is 3.88. The van der Waals surface area contributed by atoms with Crippen LogP contribution >= 0.6 is 0 Å². The van der Waals surface area contributed by atoms with Gasteiger partial charge in [-0.1, -0.05) is 32.9 Å². The van der Waals surface area contributed by atoms with E-state index in [9.17, 15) is 8.78 Å². The molecule has 3 nitrogen and oxygen atoms in total. The second kappa shape index (κ2) is 5.72. The van der Waals surface area contributed by atoms with Gasteiger partial charge in [-0.05, 0) is 17.7 Å². The minimum atomic E-state index is -0.897. The third-order valence-electron chi connectivity index (χ3n) is 3.88. The first-order chi connectivity index (χ1) is 11.3. The number of hydrogen-bond donors (Lipinski definition) is 0. The number of hydrogen-bond acceptors (Lipinski definition) is 2. The number of nitriles is 1. The predicted octanol–water partition coefficient (Wildman–Crippen LogP) is 4.53. The van der Waals surface area contributed by atoms with E-state index < -0.39 is 11.6 Å². The summed E-state index contributed by atoms with van der Waals surface area (Å²) in [4.78, 5) is 4.52. The van der Waals surface area contributed by atoms with E-state index in [2.05, 4.69) is 11.1 Å². The van der Waals surface area contributed by atoms with Crippen molar-refractivity contribution in [2.75, 3.05) is 0 Å². The van der Waals surface area contributed by atoms with Gasteiger partial charge < -0.3 is 4.57 Å². The minimum absolute atomic E-state index is 0.279. The van der Waals surface area contributed by atoms with Gasteiger partial charge in [0.15, 0.2) is 11.6 Å². The highest BCUT2D eigenvalue weighted by Gasteiger charge is 2.24. The Balaban J connectivity index is 2.16. The van der Waals surface area contributed by atoms with Gasteiger partial charge in [0.05, 0.1) is 22.7 Å². The lowest BCUT2D eigenvalue weighted by atomic mass is 9.95. The van der Waals surface area contributed by atoms with Crippen molar-refractivity contribution >= 4 is 11.0 Å². The average molecular weight is 325 g/mol. The molecular formula is C19H17F2N3. The molecule has 0 fully saturated rings. The van der Waals surface area contributed by atoms with Crippen LogP contribution in [-0.2, 0) is 12.0 Å². The molecule has 3 aromatic rings. The van der Waals surface area contributed by atoms with Crippen LogP contribution in [0.4, 0.5) is 8.78 Å². The Morgan fingerprint density at radius 2 is 1.71 bits per heavy atom. The number of rotatable bonds is 2. The van der Waals surface area contributed by atoms with Crippen LogP contribution in [0.5, 0.6) is 0 Å². The minimum Gasteiger partial charge on any atom is -0.323 e. The number of nitrogens with zero attached hydrogens (tertiary/aromatic N) is 3. The number of benzene rings is 2. The summed E-state index contributed by atoms with van der Waals surface area (Å²) >= 11 is 0. The smallest absolute Gasteiger partial charge is 0.161 e. The molecule has 2 aromatic carbocycles. The summed E-state index contributed by atoms with van der Waals surface area (Å²) in [6.07, 6.45) is 0. The Labute approximate surface area is 139 Å². The quantitative estimate of drug-likeness (QED) is 0.694. The van der Waals surface area contributed by atoms with Crippen molar-refractivity contribution in [3.63, 3.8) is 0 Å². The molecule has 0 aliphatic heterocycles. The molecule has 0 radical (unpaired) electrons. The van der Waals surface area contributed by atoms with Crippen molar-refractivity contribution in [1.82, 2.24) is 9.55 Å². The highest BCUT2D eigenvalue weighted by Crippen LogP contribution is 2.28. The van der Waals surface area contributed by atoms with Gasteiger partial charge in [-0.3, -0.25) is 0 Å². The average Bonchev–Trinajstić information content (AvgIpc) is 2.87. The monoisotopic (exact) mass is 325 g/mol. The molecule has 24 heavy (non-hydrogen) atoms. The zero-order valence-corrected chi connectivity index (χ0v) is 13.8. The first kappa shape index (κ1) is 16.1. The molecule has 3 rings (SSSR count). The lowest BCUT2D eigenvalue weighted by Gasteiger charge is -2.20. The Morgan fingerprint density at radius 1 is 1.08 bits per heavy atom. The molecule has 0 N–H and O–H groups in total. The van der Waals surface area contributed by atoms with E-state index in [1.54, 1.807) is 12.1 Å². The summed E-state index contributed by atoms with van der Waals surface area (Å²) in [6.45, 7) is 6.50. The molecule has 0 saturated carbocycles. The van der Waals surface area contributed by atoms with E-state index in [0.717, 1.165) is 17.5 Å². The normalized spacial score (nSPS) is 11.7. The van der Waals surface area contributed by atoms with Crippen molar-refractivity contribution in [3.05, 3.63) is 65.0 Å². The molecule has 0 spiro atoms. The first-order valence-electron chi connectivity index (χ1n) is 7.64. The van der Waals surface area contributed by atoms with Crippen LogP contribution in [0, 0.1) is 23.0 Å². The molecule has 0 unspecified atom stereocenters. The number of aromatic nitrogens is 2. The van der Waals surface area contributed by atoms with Crippen molar-refractivity contribution < 1.29 is 8.78 Å². The molecular weight excluding hydrogens is 308 g/mol. The Kier molecular flexibility index (Phi) is 3.84. The molecule has 0 atom stereocenters. The van der Waals surface area contributed by atoms with Crippen molar-refractivity contribution in [2.24, 2.45) is 0 Å². The highest BCUT2D eigenvalue weighted by atomic mass is 19.2. The van der Waals surface area contributed by atoms with Gasteiger partial charge in [0, 0.05) is 24.1 Å². The van der Waals surface area contributed by atoms with Crippen LogP contribution < -0.4 is 0 Å². The van der Waals surface area contributed by atoms with Gasteiger partial charge in [-0.15, -0.1) is 0 Å². The fourth-order valence-electron chi connectivity index (χ4n) is 2.72. The van der Waals surface area contributed by atoms with Crippen LogP contribution in [0.2, 0.25) is 0 Å². The van der Waals surface area contributed by atoms with Crippen LogP contribution in [0.3, 0.4) is 0 Å². The Morgan fingerprint density at radius 3 is 2.29 bits per heavy atom. The van der Waals surface area contributed by atoms with E-state index >= 15 is 0 Å². The van der Waals surface area contributed by atoms with Gasteiger partial charge in [-0.2, -0.15) is 5.26 Å². The molecule has 0 amide bonds. The second-order valence-electron chi connectivity index (χ2n) is 6.84. The first-order valence-corrected chi connectivity index (χ1v) is 7.64. The summed E-state index contributed by atoms with van der Waals surface area (Å²) < 4.78 is 29.2. The molecule has 0 saturated heterocycles. The zero-order valence-electron chi connectivity index (χ0n) is 13.8. The molecule has 5 heteroatoms. The summed E-state index contributed by atoms with van der Waals surface area (Å²) in [5, 5.41) is 8.89. The number of fused-ring (bicyclic) bond motifs is 1. The molecule has 0 bridgehead atoms.